The fraction of sp³-hybridized carbons (Fsp3) is 0.263. The maximum absolute atomic E-state index is 12.6. The van der Waals surface area contributed by atoms with Crippen LogP contribution >= 0.6 is 24.2 Å². The SMILES string of the molecule is Cl.O=C(NCC1CNC1)c1ccccc1SCc1nnnn1-c1ccccc1. The van der Waals surface area contributed by atoms with Crippen LogP contribution in [-0.4, -0.2) is 45.7 Å². The third-order valence-corrected chi connectivity index (χ3v) is 5.51. The maximum Gasteiger partial charge on any atom is 0.252 e. The molecule has 0 unspecified atom stereocenters. The van der Waals surface area contributed by atoms with Crippen molar-refractivity contribution in [1.82, 2.24) is 30.8 Å². The Morgan fingerprint density at radius 3 is 2.64 bits per heavy atom. The normalized spacial score (nSPS) is 13.4. The van der Waals surface area contributed by atoms with E-state index in [1.807, 2.05) is 54.6 Å². The number of tetrazole rings is 1. The maximum atomic E-state index is 12.6. The molecule has 0 saturated carbocycles. The molecule has 4 rings (SSSR count). The van der Waals surface area contributed by atoms with Crippen LogP contribution in [0.25, 0.3) is 5.69 Å². The van der Waals surface area contributed by atoms with E-state index >= 15 is 0 Å². The lowest BCUT2D eigenvalue weighted by Crippen LogP contribution is -2.48. The minimum Gasteiger partial charge on any atom is -0.352 e. The standard InChI is InChI=1S/C19H20N6OS.ClH/c26-19(21-12-14-10-20-11-14)16-8-4-5-9-17(16)27-13-18-22-23-24-25(18)15-6-2-1-3-7-15;/h1-9,14,20H,10-13H2,(H,21,26);1H. The summed E-state index contributed by atoms with van der Waals surface area (Å²) in [6.07, 6.45) is 0. The van der Waals surface area contributed by atoms with Crippen molar-refractivity contribution in [3.63, 3.8) is 0 Å². The van der Waals surface area contributed by atoms with Gasteiger partial charge in [-0.25, -0.2) is 0 Å². The molecule has 1 aromatic heterocycles. The van der Waals surface area contributed by atoms with Gasteiger partial charge in [-0.3, -0.25) is 4.79 Å². The van der Waals surface area contributed by atoms with Gasteiger partial charge in [-0.2, -0.15) is 4.68 Å². The van der Waals surface area contributed by atoms with E-state index < -0.39 is 0 Å². The third kappa shape index (κ3) is 4.70. The van der Waals surface area contributed by atoms with Gasteiger partial charge in [0, 0.05) is 30.4 Å². The highest BCUT2D eigenvalue weighted by Crippen LogP contribution is 2.26. The summed E-state index contributed by atoms with van der Waals surface area (Å²) < 4.78 is 1.72. The van der Waals surface area contributed by atoms with E-state index in [0.717, 1.165) is 29.5 Å². The molecule has 1 aliphatic rings. The smallest absolute Gasteiger partial charge is 0.252 e. The van der Waals surface area contributed by atoms with E-state index in [1.54, 1.807) is 16.4 Å². The van der Waals surface area contributed by atoms with Crippen LogP contribution in [0.3, 0.4) is 0 Å². The number of rotatable bonds is 7. The Balaban J connectivity index is 0.00000225. The Kier molecular flexibility index (Phi) is 7.02. The van der Waals surface area contributed by atoms with E-state index in [2.05, 4.69) is 26.2 Å². The Morgan fingerprint density at radius 2 is 1.89 bits per heavy atom. The Hall–Kier alpha value is -2.42. The molecule has 2 aromatic carbocycles. The Morgan fingerprint density at radius 1 is 1.14 bits per heavy atom. The molecule has 9 heteroatoms. The number of nitrogens with zero attached hydrogens (tertiary/aromatic N) is 4. The Labute approximate surface area is 173 Å². The zero-order valence-corrected chi connectivity index (χ0v) is 16.7. The molecule has 1 fully saturated rings. The van der Waals surface area contributed by atoms with Gasteiger partial charge in [0.25, 0.3) is 5.91 Å². The van der Waals surface area contributed by atoms with Crippen molar-refractivity contribution in [2.45, 2.75) is 10.6 Å². The second-order valence-electron chi connectivity index (χ2n) is 6.36. The predicted molar refractivity (Wildman–Crippen MR) is 111 cm³/mol. The molecule has 0 radical (unpaired) electrons. The molecule has 2 N–H and O–H groups in total. The molecule has 1 amide bonds. The first kappa shape index (κ1) is 20.3. The topological polar surface area (TPSA) is 84.7 Å². The molecular formula is C19H21ClN6OS. The highest BCUT2D eigenvalue weighted by molar-refractivity contribution is 7.98. The lowest BCUT2D eigenvalue weighted by atomic mass is 10.0. The summed E-state index contributed by atoms with van der Waals surface area (Å²) in [4.78, 5) is 13.5. The van der Waals surface area contributed by atoms with E-state index in [-0.39, 0.29) is 18.3 Å². The molecule has 2 heterocycles. The number of thioether (sulfide) groups is 1. The zero-order chi connectivity index (χ0) is 18.5. The van der Waals surface area contributed by atoms with E-state index in [1.165, 1.54) is 0 Å². The quantitative estimate of drug-likeness (QED) is 0.575. The van der Waals surface area contributed by atoms with Crippen molar-refractivity contribution in [3.05, 3.63) is 66.0 Å². The molecule has 0 aliphatic carbocycles. The molecule has 28 heavy (non-hydrogen) atoms. The van der Waals surface area contributed by atoms with Gasteiger partial charge in [0.2, 0.25) is 0 Å². The molecule has 7 nitrogen and oxygen atoms in total. The number of para-hydroxylation sites is 1. The molecule has 0 atom stereocenters. The highest BCUT2D eigenvalue weighted by Gasteiger charge is 2.19. The number of hydrogen-bond donors (Lipinski definition) is 2. The highest BCUT2D eigenvalue weighted by atomic mass is 35.5. The van der Waals surface area contributed by atoms with Crippen molar-refractivity contribution in [2.24, 2.45) is 5.92 Å². The lowest BCUT2D eigenvalue weighted by Gasteiger charge is -2.27. The van der Waals surface area contributed by atoms with Crippen molar-refractivity contribution in [2.75, 3.05) is 19.6 Å². The number of nitrogens with one attached hydrogen (secondary N) is 2. The van der Waals surface area contributed by atoms with Gasteiger partial charge in [0.1, 0.15) is 0 Å². The van der Waals surface area contributed by atoms with Gasteiger partial charge in [0.05, 0.1) is 17.0 Å². The Bertz CT molecular complexity index is 916. The summed E-state index contributed by atoms with van der Waals surface area (Å²) in [5.74, 6) is 1.80. The number of halogens is 1. The van der Waals surface area contributed by atoms with Crippen molar-refractivity contribution < 1.29 is 4.79 Å². The summed E-state index contributed by atoms with van der Waals surface area (Å²) in [5, 5.41) is 18.3. The van der Waals surface area contributed by atoms with Crippen molar-refractivity contribution in [3.8, 4) is 5.69 Å². The summed E-state index contributed by atoms with van der Waals surface area (Å²) in [5.41, 5.74) is 1.60. The van der Waals surface area contributed by atoms with E-state index in [4.69, 9.17) is 0 Å². The molecule has 0 spiro atoms. The van der Waals surface area contributed by atoms with Gasteiger partial charge >= 0.3 is 0 Å². The molecule has 146 valence electrons. The number of hydrogen-bond acceptors (Lipinski definition) is 6. The molecular weight excluding hydrogens is 396 g/mol. The summed E-state index contributed by atoms with van der Waals surface area (Å²) in [7, 11) is 0. The van der Waals surface area contributed by atoms with Crippen LogP contribution in [0.2, 0.25) is 0 Å². The zero-order valence-electron chi connectivity index (χ0n) is 15.1. The van der Waals surface area contributed by atoms with Gasteiger partial charge in [-0.1, -0.05) is 30.3 Å². The number of benzene rings is 2. The minimum absolute atomic E-state index is 0. The average molecular weight is 417 g/mol. The van der Waals surface area contributed by atoms with Gasteiger partial charge in [-0.15, -0.1) is 29.3 Å². The molecule has 1 saturated heterocycles. The molecule has 0 bridgehead atoms. The average Bonchev–Trinajstić information content (AvgIpc) is 3.14. The largest absolute Gasteiger partial charge is 0.352 e. The van der Waals surface area contributed by atoms with Gasteiger partial charge < -0.3 is 10.6 Å². The first-order valence-electron chi connectivity index (χ1n) is 8.84. The molecule has 3 aromatic rings. The van der Waals surface area contributed by atoms with Crippen LogP contribution in [-0.2, 0) is 5.75 Å². The second kappa shape index (κ2) is 9.68. The summed E-state index contributed by atoms with van der Waals surface area (Å²) in [6.45, 7) is 2.65. The lowest BCUT2D eigenvalue weighted by molar-refractivity contribution is 0.0939. The monoisotopic (exact) mass is 416 g/mol. The number of aromatic nitrogens is 4. The summed E-state index contributed by atoms with van der Waals surface area (Å²) >= 11 is 1.56. The fourth-order valence-corrected chi connectivity index (χ4v) is 3.77. The molecule has 1 aliphatic heterocycles. The number of amides is 1. The number of carbonyl (C=O) groups excluding carboxylic acids is 1. The van der Waals surface area contributed by atoms with E-state index in [0.29, 0.717) is 23.8 Å². The van der Waals surface area contributed by atoms with Crippen LogP contribution in [0.15, 0.2) is 59.5 Å². The van der Waals surface area contributed by atoms with Crippen LogP contribution in [0.4, 0.5) is 0 Å². The second-order valence-corrected chi connectivity index (χ2v) is 7.38. The van der Waals surface area contributed by atoms with Crippen LogP contribution in [0, 0.1) is 5.92 Å². The van der Waals surface area contributed by atoms with E-state index in [9.17, 15) is 4.79 Å². The predicted octanol–water partition coefficient (Wildman–Crippen LogP) is 2.33. The van der Waals surface area contributed by atoms with Gasteiger partial charge in [-0.05, 0) is 34.7 Å². The van der Waals surface area contributed by atoms with Gasteiger partial charge in [0.15, 0.2) is 5.82 Å². The first-order chi connectivity index (χ1) is 13.3. The van der Waals surface area contributed by atoms with Crippen molar-refractivity contribution >= 4 is 30.1 Å². The van der Waals surface area contributed by atoms with Crippen LogP contribution < -0.4 is 10.6 Å². The van der Waals surface area contributed by atoms with Crippen molar-refractivity contribution in [1.29, 1.82) is 0 Å². The summed E-state index contributed by atoms with van der Waals surface area (Å²) in [6, 6.07) is 17.4. The third-order valence-electron chi connectivity index (χ3n) is 4.44. The fourth-order valence-electron chi connectivity index (χ4n) is 2.81. The van der Waals surface area contributed by atoms with Crippen LogP contribution in [0.1, 0.15) is 16.2 Å². The number of carbonyl (C=O) groups is 1. The first-order valence-corrected chi connectivity index (χ1v) is 9.83. The minimum atomic E-state index is -0.0346. The van der Waals surface area contributed by atoms with Crippen LogP contribution in [0.5, 0.6) is 0 Å².